The molecular formula is C13H22N4O3S. The molecule has 21 heavy (non-hydrogen) atoms. The van der Waals surface area contributed by atoms with Gasteiger partial charge in [-0.2, -0.15) is 5.10 Å². The van der Waals surface area contributed by atoms with Crippen molar-refractivity contribution in [1.29, 1.82) is 0 Å². The zero-order chi connectivity index (χ0) is 15.1. The van der Waals surface area contributed by atoms with Crippen molar-refractivity contribution in [2.45, 2.75) is 13.0 Å². The highest BCUT2D eigenvalue weighted by atomic mass is 32.2. The minimum absolute atomic E-state index is 0.0325. The minimum atomic E-state index is -2.91. The molecule has 0 saturated carbocycles. The molecule has 0 aliphatic carbocycles. The van der Waals surface area contributed by atoms with Crippen LogP contribution >= 0.6 is 0 Å². The van der Waals surface area contributed by atoms with Gasteiger partial charge in [0.2, 0.25) is 0 Å². The Labute approximate surface area is 125 Å². The van der Waals surface area contributed by atoms with Crippen LogP contribution in [-0.2, 0) is 14.6 Å². The monoisotopic (exact) mass is 314 g/mol. The van der Waals surface area contributed by atoms with Gasteiger partial charge in [0.15, 0.2) is 9.84 Å². The van der Waals surface area contributed by atoms with Gasteiger partial charge in [0, 0.05) is 38.1 Å². The van der Waals surface area contributed by atoms with Crippen molar-refractivity contribution in [3.05, 3.63) is 18.3 Å². The van der Waals surface area contributed by atoms with E-state index in [1.54, 1.807) is 13.1 Å². The Hall–Kier alpha value is -1.25. The summed E-state index contributed by atoms with van der Waals surface area (Å²) in [6.07, 6.45) is 1.66. The molecule has 1 saturated heterocycles. The first-order chi connectivity index (χ1) is 10.1. The van der Waals surface area contributed by atoms with Gasteiger partial charge in [0.05, 0.1) is 18.5 Å². The van der Waals surface area contributed by atoms with Crippen molar-refractivity contribution in [1.82, 2.24) is 15.1 Å². The highest BCUT2D eigenvalue weighted by molar-refractivity contribution is 7.91. The van der Waals surface area contributed by atoms with Gasteiger partial charge in [-0.15, -0.1) is 5.10 Å². The average molecular weight is 314 g/mol. The third-order valence-corrected chi connectivity index (χ3v) is 5.15. The van der Waals surface area contributed by atoms with Crippen LogP contribution in [0.3, 0.4) is 0 Å². The Balaban J connectivity index is 1.75. The number of rotatable bonds is 7. The van der Waals surface area contributed by atoms with Gasteiger partial charge in [-0.1, -0.05) is 6.92 Å². The maximum atomic E-state index is 11.5. The summed E-state index contributed by atoms with van der Waals surface area (Å²) in [6, 6.07) is 3.67. The van der Waals surface area contributed by atoms with E-state index in [1.807, 2.05) is 12.1 Å². The Morgan fingerprint density at radius 2 is 2.38 bits per heavy atom. The summed E-state index contributed by atoms with van der Waals surface area (Å²) < 4.78 is 28.8. The maximum absolute atomic E-state index is 11.5. The van der Waals surface area contributed by atoms with Crippen LogP contribution in [0.2, 0.25) is 0 Å². The van der Waals surface area contributed by atoms with Crippen molar-refractivity contribution in [2.75, 3.05) is 49.6 Å². The smallest absolute Gasteiger partial charge is 0.151 e. The van der Waals surface area contributed by atoms with Crippen LogP contribution in [0, 0.1) is 0 Å². The summed E-state index contributed by atoms with van der Waals surface area (Å²) in [4.78, 5) is 2.14. The molecule has 2 rings (SSSR count). The molecule has 1 N–H and O–H groups in total. The fourth-order valence-corrected chi connectivity index (χ4v) is 2.96. The zero-order valence-electron chi connectivity index (χ0n) is 12.2. The van der Waals surface area contributed by atoms with Gasteiger partial charge in [-0.3, -0.25) is 4.90 Å². The second-order valence-corrected chi connectivity index (χ2v) is 7.49. The molecule has 2 heterocycles. The molecule has 1 aliphatic rings. The quantitative estimate of drug-likeness (QED) is 0.759. The first kappa shape index (κ1) is 16.1. The highest BCUT2D eigenvalue weighted by Gasteiger charge is 2.21. The summed E-state index contributed by atoms with van der Waals surface area (Å²) >= 11 is 0. The van der Waals surface area contributed by atoms with Crippen LogP contribution in [0.25, 0.3) is 0 Å². The molecule has 0 amide bonds. The molecule has 1 atom stereocenters. The Morgan fingerprint density at radius 3 is 3.10 bits per heavy atom. The molecule has 0 unspecified atom stereocenters. The van der Waals surface area contributed by atoms with Crippen molar-refractivity contribution in [2.24, 2.45) is 0 Å². The summed E-state index contributed by atoms with van der Waals surface area (Å²) in [5, 5.41) is 10.9. The predicted molar refractivity (Wildman–Crippen MR) is 81.0 cm³/mol. The number of nitrogens with one attached hydrogen (secondary N) is 1. The number of morpholine rings is 1. The molecule has 8 heteroatoms. The summed E-state index contributed by atoms with van der Waals surface area (Å²) in [5.74, 6) is 1.13. The number of anilines is 1. The molecule has 1 aliphatic heterocycles. The zero-order valence-corrected chi connectivity index (χ0v) is 13.1. The van der Waals surface area contributed by atoms with Gasteiger partial charge >= 0.3 is 0 Å². The topological polar surface area (TPSA) is 84.4 Å². The fraction of sp³-hybridized carbons (Fsp3) is 0.692. The first-order valence-electron chi connectivity index (χ1n) is 7.15. The standard InChI is InChI=1S/C13H22N4O3S/c1-2-21(18,19)9-7-17-6-8-20-12(11-17)10-14-13-4-3-5-15-16-13/h3-5,12H,2,6-11H2,1H3,(H,14,16)/t12-/m1/s1. The van der Waals surface area contributed by atoms with Crippen LogP contribution < -0.4 is 5.32 Å². The number of hydrogen-bond donors (Lipinski definition) is 1. The van der Waals surface area contributed by atoms with Crippen LogP contribution in [0.4, 0.5) is 5.82 Å². The third kappa shape index (κ3) is 5.56. The van der Waals surface area contributed by atoms with Crippen molar-refractivity contribution < 1.29 is 13.2 Å². The lowest BCUT2D eigenvalue weighted by Gasteiger charge is -2.32. The first-order valence-corrected chi connectivity index (χ1v) is 8.97. The Morgan fingerprint density at radius 1 is 1.52 bits per heavy atom. The van der Waals surface area contributed by atoms with E-state index in [0.29, 0.717) is 25.5 Å². The molecule has 1 aromatic heterocycles. The van der Waals surface area contributed by atoms with Gasteiger partial charge in [-0.25, -0.2) is 8.42 Å². The van der Waals surface area contributed by atoms with E-state index in [-0.39, 0.29) is 17.6 Å². The Kier molecular flexibility index (Phi) is 5.89. The van der Waals surface area contributed by atoms with E-state index < -0.39 is 9.84 Å². The summed E-state index contributed by atoms with van der Waals surface area (Å²) in [6.45, 7) is 5.02. The lowest BCUT2D eigenvalue weighted by Crippen LogP contribution is -2.46. The lowest BCUT2D eigenvalue weighted by molar-refractivity contribution is -0.0189. The lowest BCUT2D eigenvalue weighted by atomic mass is 10.2. The molecule has 0 bridgehead atoms. The number of hydrogen-bond acceptors (Lipinski definition) is 7. The van der Waals surface area contributed by atoms with E-state index in [4.69, 9.17) is 4.74 Å². The second kappa shape index (κ2) is 7.67. The van der Waals surface area contributed by atoms with E-state index in [1.165, 1.54) is 0 Å². The normalized spacial score (nSPS) is 20.3. The summed E-state index contributed by atoms with van der Waals surface area (Å²) in [5.41, 5.74) is 0. The molecule has 1 fully saturated rings. The molecule has 7 nitrogen and oxygen atoms in total. The molecule has 0 spiro atoms. The maximum Gasteiger partial charge on any atom is 0.151 e. The van der Waals surface area contributed by atoms with Crippen LogP contribution in [0.5, 0.6) is 0 Å². The number of aromatic nitrogens is 2. The fourth-order valence-electron chi connectivity index (χ4n) is 2.13. The van der Waals surface area contributed by atoms with Crippen molar-refractivity contribution in [3.63, 3.8) is 0 Å². The van der Waals surface area contributed by atoms with Crippen molar-refractivity contribution in [3.8, 4) is 0 Å². The van der Waals surface area contributed by atoms with Gasteiger partial charge < -0.3 is 10.1 Å². The second-order valence-electron chi connectivity index (χ2n) is 5.02. The molecule has 0 radical (unpaired) electrons. The number of nitrogens with zero attached hydrogens (tertiary/aromatic N) is 3. The van der Waals surface area contributed by atoms with Gasteiger partial charge in [0.25, 0.3) is 0 Å². The van der Waals surface area contributed by atoms with Crippen LogP contribution in [0.15, 0.2) is 18.3 Å². The Bertz CT molecular complexity index is 523. The largest absolute Gasteiger partial charge is 0.374 e. The van der Waals surface area contributed by atoms with E-state index in [9.17, 15) is 8.42 Å². The number of sulfone groups is 1. The van der Waals surface area contributed by atoms with Crippen LogP contribution in [-0.4, -0.2) is 73.9 Å². The number of ether oxygens (including phenoxy) is 1. The third-order valence-electron chi connectivity index (χ3n) is 3.46. The molecular weight excluding hydrogens is 292 g/mol. The summed E-state index contributed by atoms with van der Waals surface area (Å²) in [7, 11) is -2.91. The predicted octanol–water partition coefficient (Wildman–Crippen LogP) is 0.0240. The van der Waals surface area contributed by atoms with E-state index in [0.717, 1.165) is 13.1 Å². The van der Waals surface area contributed by atoms with Crippen LogP contribution in [0.1, 0.15) is 6.92 Å². The molecule has 0 aromatic carbocycles. The SMILES string of the molecule is CCS(=O)(=O)CCN1CCO[C@H](CNc2cccnn2)C1. The minimum Gasteiger partial charge on any atom is -0.374 e. The van der Waals surface area contributed by atoms with Crippen molar-refractivity contribution >= 4 is 15.7 Å². The van der Waals surface area contributed by atoms with Gasteiger partial charge in [0.1, 0.15) is 5.82 Å². The molecule has 1 aromatic rings. The van der Waals surface area contributed by atoms with E-state index >= 15 is 0 Å². The van der Waals surface area contributed by atoms with E-state index in [2.05, 4.69) is 20.4 Å². The highest BCUT2D eigenvalue weighted by Crippen LogP contribution is 2.07. The average Bonchev–Trinajstić information content (AvgIpc) is 2.53. The van der Waals surface area contributed by atoms with Gasteiger partial charge in [-0.05, 0) is 12.1 Å². The molecule has 118 valence electrons.